The molecule has 3 N–H and O–H groups in total. The third-order valence-corrected chi connectivity index (χ3v) is 3.66. The number of hydrogen-bond acceptors (Lipinski definition) is 5. The van der Waals surface area contributed by atoms with Gasteiger partial charge in [0.15, 0.2) is 0 Å². The summed E-state index contributed by atoms with van der Waals surface area (Å²) in [5.74, 6) is -0.0688. The predicted octanol–water partition coefficient (Wildman–Crippen LogP) is -0.0982. The molecule has 1 fully saturated rings. The standard InChI is InChI=1S/C13H20N4O3S/c1-21(19,20)16-12-4-2-11(3-5-12)15-13(18)10-17-8-6-14-7-9-17/h2-5,14,16H,6-10H2,1H3,(H,15,18). The van der Waals surface area contributed by atoms with Gasteiger partial charge in [0.1, 0.15) is 0 Å². The van der Waals surface area contributed by atoms with Crippen LogP contribution in [0.2, 0.25) is 0 Å². The van der Waals surface area contributed by atoms with E-state index in [2.05, 4.69) is 20.3 Å². The van der Waals surface area contributed by atoms with Gasteiger partial charge in [0.05, 0.1) is 12.8 Å². The molecule has 0 unspecified atom stereocenters. The van der Waals surface area contributed by atoms with Gasteiger partial charge >= 0.3 is 0 Å². The van der Waals surface area contributed by atoms with Crippen molar-refractivity contribution < 1.29 is 13.2 Å². The number of sulfonamides is 1. The molecule has 1 amide bonds. The van der Waals surface area contributed by atoms with Gasteiger partial charge < -0.3 is 10.6 Å². The summed E-state index contributed by atoms with van der Waals surface area (Å²) in [6.07, 6.45) is 1.09. The van der Waals surface area contributed by atoms with E-state index in [0.29, 0.717) is 17.9 Å². The minimum absolute atomic E-state index is 0.0688. The first-order chi connectivity index (χ1) is 9.92. The van der Waals surface area contributed by atoms with Crippen LogP contribution >= 0.6 is 0 Å². The lowest BCUT2D eigenvalue weighted by Crippen LogP contribution is -2.46. The van der Waals surface area contributed by atoms with Crippen molar-refractivity contribution in [3.63, 3.8) is 0 Å². The normalized spacial score (nSPS) is 16.4. The lowest BCUT2D eigenvalue weighted by Gasteiger charge is -2.26. The molecule has 0 radical (unpaired) electrons. The summed E-state index contributed by atoms with van der Waals surface area (Å²) >= 11 is 0. The van der Waals surface area contributed by atoms with Gasteiger partial charge in [-0.3, -0.25) is 14.4 Å². The number of amides is 1. The van der Waals surface area contributed by atoms with Crippen LogP contribution in [0, 0.1) is 0 Å². The van der Waals surface area contributed by atoms with Crippen LogP contribution in [0.3, 0.4) is 0 Å². The van der Waals surface area contributed by atoms with Gasteiger partial charge in [-0.1, -0.05) is 0 Å². The summed E-state index contributed by atoms with van der Waals surface area (Å²) in [6, 6.07) is 6.56. The SMILES string of the molecule is CS(=O)(=O)Nc1ccc(NC(=O)CN2CCNCC2)cc1. The molecule has 7 nitrogen and oxygen atoms in total. The van der Waals surface area contributed by atoms with E-state index in [1.54, 1.807) is 24.3 Å². The second-order valence-electron chi connectivity index (χ2n) is 5.03. The Morgan fingerprint density at radius 1 is 1.19 bits per heavy atom. The first-order valence-electron chi connectivity index (χ1n) is 6.73. The summed E-state index contributed by atoms with van der Waals surface area (Å²) in [4.78, 5) is 14.0. The molecule has 1 aliphatic rings. The Bertz CT molecular complexity index is 580. The fourth-order valence-corrected chi connectivity index (χ4v) is 2.67. The van der Waals surface area contributed by atoms with Crippen LogP contribution in [0.15, 0.2) is 24.3 Å². The number of rotatable bonds is 5. The third kappa shape index (κ3) is 5.70. The quantitative estimate of drug-likeness (QED) is 0.706. The average Bonchev–Trinajstić information content (AvgIpc) is 2.40. The minimum Gasteiger partial charge on any atom is -0.325 e. The summed E-state index contributed by atoms with van der Waals surface area (Å²) in [5, 5.41) is 6.03. The molecular weight excluding hydrogens is 292 g/mol. The Morgan fingerprint density at radius 3 is 2.33 bits per heavy atom. The highest BCUT2D eigenvalue weighted by Crippen LogP contribution is 2.14. The van der Waals surface area contributed by atoms with Gasteiger partial charge in [0.25, 0.3) is 0 Å². The molecule has 21 heavy (non-hydrogen) atoms. The number of piperazine rings is 1. The lowest BCUT2D eigenvalue weighted by atomic mass is 10.3. The molecule has 0 atom stereocenters. The molecule has 1 aliphatic heterocycles. The van der Waals surface area contributed by atoms with E-state index in [1.807, 2.05) is 0 Å². The summed E-state index contributed by atoms with van der Waals surface area (Å²) in [6.45, 7) is 3.90. The lowest BCUT2D eigenvalue weighted by molar-refractivity contribution is -0.117. The van der Waals surface area contributed by atoms with E-state index >= 15 is 0 Å². The van der Waals surface area contributed by atoms with Crippen LogP contribution in [0.25, 0.3) is 0 Å². The molecule has 1 saturated heterocycles. The number of carbonyl (C=O) groups is 1. The van der Waals surface area contributed by atoms with Crippen molar-refractivity contribution in [2.45, 2.75) is 0 Å². The van der Waals surface area contributed by atoms with E-state index in [0.717, 1.165) is 32.4 Å². The van der Waals surface area contributed by atoms with Crippen molar-refractivity contribution in [2.75, 3.05) is 49.0 Å². The van der Waals surface area contributed by atoms with Crippen LogP contribution < -0.4 is 15.4 Å². The Labute approximate surface area is 124 Å². The predicted molar refractivity (Wildman–Crippen MR) is 82.8 cm³/mol. The van der Waals surface area contributed by atoms with E-state index in [4.69, 9.17) is 0 Å². The molecule has 1 heterocycles. The van der Waals surface area contributed by atoms with Gasteiger partial charge in [0.2, 0.25) is 15.9 Å². The molecule has 0 aliphatic carbocycles. The van der Waals surface area contributed by atoms with E-state index in [9.17, 15) is 13.2 Å². The Balaban J connectivity index is 1.86. The fraction of sp³-hybridized carbons (Fsp3) is 0.462. The fourth-order valence-electron chi connectivity index (χ4n) is 2.11. The van der Waals surface area contributed by atoms with E-state index in [-0.39, 0.29) is 5.91 Å². The van der Waals surface area contributed by atoms with Crippen LogP contribution in [-0.2, 0) is 14.8 Å². The molecule has 0 spiro atoms. The van der Waals surface area contributed by atoms with Gasteiger partial charge in [-0.2, -0.15) is 0 Å². The Morgan fingerprint density at radius 2 is 1.76 bits per heavy atom. The number of anilines is 2. The van der Waals surface area contributed by atoms with Crippen LogP contribution in [0.4, 0.5) is 11.4 Å². The van der Waals surface area contributed by atoms with Gasteiger partial charge in [-0.05, 0) is 24.3 Å². The Hall–Kier alpha value is -1.64. The van der Waals surface area contributed by atoms with E-state index < -0.39 is 10.0 Å². The third-order valence-electron chi connectivity index (χ3n) is 3.05. The molecule has 0 bridgehead atoms. The molecular formula is C13H20N4O3S. The monoisotopic (exact) mass is 312 g/mol. The maximum Gasteiger partial charge on any atom is 0.238 e. The van der Waals surface area contributed by atoms with Crippen LogP contribution in [0.1, 0.15) is 0 Å². The molecule has 8 heteroatoms. The number of benzene rings is 1. The van der Waals surface area contributed by atoms with Gasteiger partial charge in [0, 0.05) is 37.6 Å². The number of hydrogen-bond donors (Lipinski definition) is 3. The highest BCUT2D eigenvalue weighted by molar-refractivity contribution is 7.92. The molecule has 1 aromatic carbocycles. The maximum atomic E-state index is 11.9. The van der Waals surface area contributed by atoms with Crippen molar-refractivity contribution >= 4 is 27.3 Å². The molecule has 1 aromatic rings. The van der Waals surface area contributed by atoms with Gasteiger partial charge in [-0.25, -0.2) is 8.42 Å². The zero-order valence-electron chi connectivity index (χ0n) is 11.9. The van der Waals surface area contributed by atoms with Crippen molar-refractivity contribution in [3.05, 3.63) is 24.3 Å². The first-order valence-corrected chi connectivity index (χ1v) is 8.62. The van der Waals surface area contributed by atoms with Crippen LogP contribution in [-0.4, -0.2) is 58.2 Å². The summed E-state index contributed by atoms with van der Waals surface area (Å²) in [5.41, 5.74) is 1.12. The number of carbonyl (C=O) groups excluding carboxylic acids is 1. The van der Waals surface area contributed by atoms with Crippen molar-refractivity contribution in [1.29, 1.82) is 0 Å². The summed E-state index contributed by atoms with van der Waals surface area (Å²) in [7, 11) is -3.28. The van der Waals surface area contributed by atoms with E-state index in [1.165, 1.54) is 0 Å². The Kier molecular flexibility index (Phi) is 5.16. The number of nitrogens with zero attached hydrogens (tertiary/aromatic N) is 1. The molecule has 116 valence electrons. The minimum atomic E-state index is -3.28. The van der Waals surface area contributed by atoms with Gasteiger partial charge in [-0.15, -0.1) is 0 Å². The summed E-state index contributed by atoms with van der Waals surface area (Å²) < 4.78 is 24.6. The first kappa shape index (κ1) is 15.7. The smallest absolute Gasteiger partial charge is 0.238 e. The largest absolute Gasteiger partial charge is 0.325 e. The molecule has 0 saturated carbocycles. The zero-order chi connectivity index (χ0) is 15.3. The van der Waals surface area contributed by atoms with Crippen molar-refractivity contribution in [2.24, 2.45) is 0 Å². The molecule has 2 rings (SSSR count). The second-order valence-corrected chi connectivity index (χ2v) is 6.77. The maximum absolute atomic E-state index is 11.9. The molecule has 0 aromatic heterocycles. The highest BCUT2D eigenvalue weighted by atomic mass is 32.2. The zero-order valence-corrected chi connectivity index (χ0v) is 12.7. The second kappa shape index (κ2) is 6.88. The average molecular weight is 312 g/mol. The van der Waals surface area contributed by atoms with Crippen molar-refractivity contribution in [1.82, 2.24) is 10.2 Å². The number of nitrogens with one attached hydrogen (secondary N) is 3. The van der Waals surface area contributed by atoms with Crippen LogP contribution in [0.5, 0.6) is 0 Å². The van der Waals surface area contributed by atoms with Crippen molar-refractivity contribution in [3.8, 4) is 0 Å². The highest BCUT2D eigenvalue weighted by Gasteiger charge is 2.13. The topological polar surface area (TPSA) is 90.5 Å².